The molecule has 0 radical (unpaired) electrons. The van der Waals surface area contributed by atoms with Crippen LogP contribution in [0, 0.1) is 0 Å². The predicted octanol–water partition coefficient (Wildman–Crippen LogP) is -5.47. The number of nitrogens with one attached hydrogen (secondary N) is 2. The number of aliphatic hydroxyl groups is 5. The zero-order chi connectivity index (χ0) is 26.0. The minimum Gasteiger partial charge on any atom is -0.394 e. The molecule has 2 fully saturated rings. The summed E-state index contributed by atoms with van der Waals surface area (Å²) in [7, 11) is -5.37. The van der Waals surface area contributed by atoms with Crippen LogP contribution in [0.4, 0.5) is 0 Å². The molecule has 0 aromatic carbocycles. The lowest BCUT2D eigenvalue weighted by Crippen LogP contribution is -2.69. The van der Waals surface area contributed by atoms with Gasteiger partial charge in [0.05, 0.1) is 6.61 Å². The van der Waals surface area contributed by atoms with Crippen LogP contribution in [-0.2, 0) is 37.7 Å². The van der Waals surface area contributed by atoms with Crippen molar-refractivity contribution >= 4 is 25.6 Å². The highest BCUT2D eigenvalue weighted by Crippen LogP contribution is 2.38. The Morgan fingerprint density at radius 2 is 1.47 bits per heavy atom. The van der Waals surface area contributed by atoms with Gasteiger partial charge in [-0.25, -0.2) is 9.36 Å². The molecule has 0 spiro atoms. The Morgan fingerprint density at radius 1 is 0.912 bits per heavy atom. The first-order valence-electron chi connectivity index (χ1n) is 9.79. The van der Waals surface area contributed by atoms with Crippen LogP contribution in [0.5, 0.6) is 0 Å². The Bertz CT molecular complexity index is 807. The van der Waals surface area contributed by atoms with Gasteiger partial charge in [-0.3, -0.25) is 19.4 Å². The monoisotopic (exact) mass is 518 g/mol. The molecule has 34 heavy (non-hydrogen) atoms. The largest absolute Gasteiger partial charge is 0.527 e. The molecule has 2 rings (SSSR count). The van der Waals surface area contributed by atoms with Crippen LogP contribution in [0.25, 0.3) is 0 Å². The summed E-state index contributed by atoms with van der Waals surface area (Å²) in [5.41, 5.74) is 0. The van der Waals surface area contributed by atoms with Crippen LogP contribution < -0.4 is 10.6 Å². The summed E-state index contributed by atoms with van der Waals surface area (Å²) in [5.74, 6) is -3.20. The Balaban J connectivity index is 2.35. The van der Waals surface area contributed by atoms with Gasteiger partial charge < -0.3 is 54.9 Å². The van der Waals surface area contributed by atoms with Crippen LogP contribution in [0.2, 0.25) is 0 Å². The van der Waals surface area contributed by atoms with Crippen LogP contribution >= 0.6 is 7.82 Å². The lowest BCUT2D eigenvalue weighted by Gasteiger charge is -2.47. The molecule has 9 N–H and O–H groups in total. The summed E-state index contributed by atoms with van der Waals surface area (Å²) in [5, 5.41) is 55.3. The standard InChI is InChI=1S/C16H27N2O15P/c1-4(20)17-7-10(23)12(6(3-19)30-14(7)25)31-16-8(18-5(2)21)9(22)11(24)13(32-16)15(26)33-34(27,28)29/h6-14,16,19,22-25H,3H2,1-2H3,(H,17,20)(H,18,21)(H2,27,28,29)/t6-,7-,8+,9-,10-,11+,12-,13+,14+,16-/m1/s1. The van der Waals surface area contributed by atoms with Gasteiger partial charge >= 0.3 is 13.8 Å². The number of ether oxygens (including phenoxy) is 3. The maximum absolute atomic E-state index is 12.1. The Labute approximate surface area is 191 Å². The minimum absolute atomic E-state index is 0.670. The van der Waals surface area contributed by atoms with E-state index < -0.39 is 93.5 Å². The lowest BCUT2D eigenvalue weighted by molar-refractivity contribution is -0.323. The fourth-order valence-corrected chi connectivity index (χ4v) is 3.86. The van der Waals surface area contributed by atoms with Crippen molar-refractivity contribution < 1.29 is 73.0 Å². The maximum Gasteiger partial charge on any atom is 0.527 e. The van der Waals surface area contributed by atoms with Gasteiger partial charge in [0.15, 0.2) is 18.7 Å². The van der Waals surface area contributed by atoms with Crippen molar-refractivity contribution in [3.8, 4) is 0 Å². The summed E-state index contributed by atoms with van der Waals surface area (Å²) in [6, 6.07) is -3.07. The van der Waals surface area contributed by atoms with E-state index in [-0.39, 0.29) is 0 Å². The van der Waals surface area contributed by atoms with Gasteiger partial charge in [0, 0.05) is 13.8 Å². The second-order valence-electron chi connectivity index (χ2n) is 7.60. The zero-order valence-corrected chi connectivity index (χ0v) is 18.7. The van der Waals surface area contributed by atoms with Crippen LogP contribution in [0.1, 0.15) is 13.8 Å². The van der Waals surface area contributed by atoms with Gasteiger partial charge in [-0.2, -0.15) is 0 Å². The van der Waals surface area contributed by atoms with Gasteiger partial charge in [-0.05, 0) is 0 Å². The number of carbonyl (C=O) groups is 3. The normalized spacial score (nSPS) is 38.6. The third kappa shape index (κ3) is 6.89. The second-order valence-corrected chi connectivity index (χ2v) is 8.76. The van der Waals surface area contributed by atoms with E-state index in [9.17, 15) is 44.5 Å². The summed E-state index contributed by atoms with van der Waals surface area (Å²) in [6.07, 6.45) is -14.9. The third-order valence-electron chi connectivity index (χ3n) is 4.95. The van der Waals surface area contributed by atoms with Gasteiger partial charge in [0.25, 0.3) is 0 Å². The number of phosphoric ester groups is 1. The average molecular weight is 518 g/mol. The van der Waals surface area contributed by atoms with E-state index in [0.717, 1.165) is 13.8 Å². The molecule has 18 heteroatoms. The molecule has 0 aromatic rings. The number of phosphoric acid groups is 1. The molecule has 0 aliphatic carbocycles. The molecular weight excluding hydrogens is 491 g/mol. The first-order chi connectivity index (χ1) is 15.7. The Morgan fingerprint density at radius 3 is 1.97 bits per heavy atom. The number of rotatable bonds is 7. The summed E-state index contributed by atoms with van der Waals surface area (Å²) in [6.45, 7) is 1.28. The number of amides is 2. The van der Waals surface area contributed by atoms with Crippen molar-refractivity contribution in [3.63, 3.8) is 0 Å². The number of carbonyl (C=O) groups excluding carboxylic acids is 3. The molecule has 196 valence electrons. The fraction of sp³-hybridized carbons (Fsp3) is 0.812. The molecule has 10 atom stereocenters. The van der Waals surface area contributed by atoms with Gasteiger partial charge in [0.1, 0.15) is 42.6 Å². The summed E-state index contributed by atoms with van der Waals surface area (Å²) >= 11 is 0. The molecule has 0 unspecified atom stereocenters. The first-order valence-corrected chi connectivity index (χ1v) is 11.3. The summed E-state index contributed by atoms with van der Waals surface area (Å²) in [4.78, 5) is 52.8. The fourth-order valence-electron chi connectivity index (χ4n) is 3.53. The van der Waals surface area contributed by atoms with Gasteiger partial charge in [-0.15, -0.1) is 0 Å². The molecule has 17 nitrogen and oxygen atoms in total. The van der Waals surface area contributed by atoms with E-state index in [1.807, 2.05) is 0 Å². The van der Waals surface area contributed by atoms with Gasteiger partial charge in [-0.1, -0.05) is 0 Å². The smallest absolute Gasteiger partial charge is 0.394 e. The van der Waals surface area contributed by atoms with E-state index >= 15 is 0 Å². The topological polar surface area (TPSA) is 271 Å². The molecular formula is C16H27N2O15P. The van der Waals surface area contributed by atoms with E-state index in [0.29, 0.717) is 0 Å². The van der Waals surface area contributed by atoms with Crippen molar-refractivity contribution in [2.45, 2.75) is 75.1 Å². The van der Waals surface area contributed by atoms with E-state index in [2.05, 4.69) is 15.2 Å². The minimum atomic E-state index is -5.37. The molecule has 0 aromatic heterocycles. The Kier molecular flexibility index (Phi) is 9.48. The molecule has 2 heterocycles. The number of aliphatic hydroxyl groups excluding tert-OH is 5. The molecule has 0 saturated carbocycles. The van der Waals surface area contributed by atoms with Crippen molar-refractivity contribution in [1.29, 1.82) is 0 Å². The van der Waals surface area contributed by atoms with Crippen molar-refractivity contribution in [3.05, 3.63) is 0 Å². The third-order valence-corrected chi connectivity index (χ3v) is 5.36. The van der Waals surface area contributed by atoms with Crippen LogP contribution in [0.15, 0.2) is 0 Å². The van der Waals surface area contributed by atoms with Crippen molar-refractivity contribution in [1.82, 2.24) is 10.6 Å². The number of hydrogen-bond acceptors (Lipinski definition) is 13. The highest BCUT2D eigenvalue weighted by atomic mass is 31.2. The van der Waals surface area contributed by atoms with Crippen molar-refractivity contribution in [2.24, 2.45) is 0 Å². The molecule has 2 amide bonds. The number of hydrogen-bond donors (Lipinski definition) is 9. The first kappa shape index (κ1) is 28.5. The Hall–Kier alpha value is -1.76. The quantitative estimate of drug-likeness (QED) is 0.142. The highest BCUT2D eigenvalue weighted by Gasteiger charge is 2.53. The van der Waals surface area contributed by atoms with E-state index in [1.165, 1.54) is 0 Å². The summed E-state index contributed by atoms with van der Waals surface area (Å²) < 4.78 is 30.8. The van der Waals surface area contributed by atoms with Crippen molar-refractivity contribution in [2.75, 3.05) is 6.61 Å². The van der Waals surface area contributed by atoms with E-state index in [1.54, 1.807) is 0 Å². The molecule has 2 aliphatic rings. The van der Waals surface area contributed by atoms with Gasteiger partial charge in [0.2, 0.25) is 11.8 Å². The SMILES string of the molecule is CC(=O)N[C@@H]1[C@H](O[C@H]2[C@H](O)[C@@H](NC(C)=O)[C@@H](O)O[C@@H]2CO)O[C@H](C(=O)OP(=O)(O)O)[C@@H](O)[C@@H]1O. The zero-order valence-electron chi connectivity index (χ0n) is 17.8. The molecule has 0 bridgehead atoms. The van der Waals surface area contributed by atoms with Crippen LogP contribution in [0.3, 0.4) is 0 Å². The molecule has 2 aliphatic heterocycles. The lowest BCUT2D eigenvalue weighted by atomic mass is 9.94. The second kappa shape index (κ2) is 11.3. The predicted molar refractivity (Wildman–Crippen MR) is 103 cm³/mol. The van der Waals surface area contributed by atoms with Crippen LogP contribution in [-0.4, -0.2) is 121 Å². The highest BCUT2D eigenvalue weighted by molar-refractivity contribution is 7.46. The average Bonchev–Trinajstić information content (AvgIpc) is 2.70. The maximum atomic E-state index is 12.1. The van der Waals surface area contributed by atoms with E-state index in [4.69, 9.17) is 24.0 Å². The molecule has 2 saturated heterocycles.